The van der Waals surface area contributed by atoms with E-state index in [-0.39, 0.29) is 12.4 Å². The zero-order valence-electron chi connectivity index (χ0n) is 14.7. The van der Waals surface area contributed by atoms with Crippen LogP contribution in [0.25, 0.3) is 5.69 Å². The molecular weight excluding hydrogens is 366 g/mol. The molecule has 0 bridgehead atoms. The van der Waals surface area contributed by atoms with Gasteiger partial charge in [0.2, 0.25) is 6.79 Å². The van der Waals surface area contributed by atoms with Crippen molar-refractivity contribution in [1.29, 1.82) is 0 Å². The number of H-pyrrole nitrogens is 1. The highest BCUT2D eigenvalue weighted by Gasteiger charge is 2.18. The molecule has 2 N–H and O–H groups in total. The van der Waals surface area contributed by atoms with Gasteiger partial charge in [0.15, 0.2) is 11.5 Å². The van der Waals surface area contributed by atoms with Crippen molar-refractivity contribution in [3.8, 4) is 22.9 Å². The fourth-order valence-electron chi connectivity index (χ4n) is 2.77. The Morgan fingerprint density at radius 1 is 1.11 bits per heavy atom. The van der Waals surface area contributed by atoms with Gasteiger partial charge in [-0.2, -0.15) is 0 Å². The van der Waals surface area contributed by atoms with Crippen molar-refractivity contribution in [1.82, 2.24) is 9.55 Å². The van der Waals surface area contributed by atoms with Crippen LogP contribution < -0.4 is 30.8 Å². The van der Waals surface area contributed by atoms with Crippen LogP contribution in [0, 0.1) is 0 Å². The Labute approximate surface area is 158 Å². The van der Waals surface area contributed by atoms with E-state index in [0.29, 0.717) is 28.6 Å². The van der Waals surface area contributed by atoms with Gasteiger partial charge in [0.1, 0.15) is 11.3 Å². The first-order valence-electron chi connectivity index (χ1n) is 8.27. The van der Waals surface area contributed by atoms with Gasteiger partial charge in [0.05, 0.1) is 12.8 Å². The Kier molecular flexibility index (Phi) is 4.32. The first-order chi connectivity index (χ1) is 13.6. The molecule has 1 aromatic heterocycles. The summed E-state index contributed by atoms with van der Waals surface area (Å²) in [4.78, 5) is 39.9. The summed E-state index contributed by atoms with van der Waals surface area (Å²) in [7, 11) is 1.51. The third kappa shape index (κ3) is 3.09. The minimum atomic E-state index is -0.743. The van der Waals surface area contributed by atoms with Crippen LogP contribution in [0.4, 0.5) is 5.69 Å². The molecule has 0 saturated carbocycles. The number of ether oxygens (including phenoxy) is 3. The summed E-state index contributed by atoms with van der Waals surface area (Å²) in [6.45, 7) is 0.110. The predicted octanol–water partition coefficient (Wildman–Crippen LogP) is 1.52. The Morgan fingerprint density at radius 2 is 1.86 bits per heavy atom. The number of carbonyl (C=O) groups excluding carboxylic acids is 1. The van der Waals surface area contributed by atoms with Gasteiger partial charge in [-0.3, -0.25) is 9.59 Å². The van der Waals surface area contributed by atoms with E-state index in [0.717, 1.165) is 10.8 Å². The molecule has 28 heavy (non-hydrogen) atoms. The van der Waals surface area contributed by atoms with Gasteiger partial charge >= 0.3 is 5.69 Å². The molecule has 4 rings (SSSR count). The molecule has 0 fully saturated rings. The van der Waals surface area contributed by atoms with Crippen LogP contribution in [0.5, 0.6) is 17.2 Å². The number of rotatable bonds is 4. The van der Waals surface area contributed by atoms with Gasteiger partial charge in [0.25, 0.3) is 11.5 Å². The number of fused-ring (bicyclic) bond motifs is 1. The molecule has 0 aliphatic carbocycles. The number of carbonyl (C=O) groups is 1. The van der Waals surface area contributed by atoms with Crippen LogP contribution in [0.15, 0.2) is 58.3 Å². The van der Waals surface area contributed by atoms with Gasteiger partial charge in [-0.15, -0.1) is 0 Å². The van der Waals surface area contributed by atoms with E-state index in [1.54, 1.807) is 42.5 Å². The largest absolute Gasteiger partial charge is 0.497 e. The highest BCUT2D eigenvalue weighted by atomic mass is 16.7. The second-order valence-corrected chi connectivity index (χ2v) is 5.87. The fraction of sp³-hybridized carbons (Fsp3) is 0.105. The van der Waals surface area contributed by atoms with Crippen LogP contribution in [0.2, 0.25) is 0 Å². The lowest BCUT2D eigenvalue weighted by Crippen LogP contribution is -2.38. The summed E-state index contributed by atoms with van der Waals surface area (Å²) in [5.41, 5.74) is -0.879. The minimum Gasteiger partial charge on any atom is -0.497 e. The molecule has 0 spiro atoms. The number of anilines is 1. The van der Waals surface area contributed by atoms with Crippen LogP contribution in [0.3, 0.4) is 0 Å². The lowest BCUT2D eigenvalue weighted by molar-refractivity contribution is 0.102. The molecule has 0 saturated heterocycles. The van der Waals surface area contributed by atoms with Crippen molar-refractivity contribution in [2.45, 2.75) is 0 Å². The molecule has 3 aromatic rings. The van der Waals surface area contributed by atoms with Crippen molar-refractivity contribution in [3.05, 3.63) is 75.1 Å². The summed E-state index contributed by atoms with van der Waals surface area (Å²) in [5, 5.41) is 2.62. The normalized spacial score (nSPS) is 11.9. The quantitative estimate of drug-likeness (QED) is 0.709. The molecule has 9 nitrogen and oxygen atoms in total. The van der Waals surface area contributed by atoms with Crippen molar-refractivity contribution >= 4 is 11.6 Å². The van der Waals surface area contributed by atoms with Gasteiger partial charge in [-0.05, 0) is 36.4 Å². The fourth-order valence-corrected chi connectivity index (χ4v) is 2.77. The zero-order chi connectivity index (χ0) is 19.7. The minimum absolute atomic E-state index is 0.110. The predicted molar refractivity (Wildman–Crippen MR) is 99.7 cm³/mol. The Hall–Kier alpha value is -4.01. The second-order valence-electron chi connectivity index (χ2n) is 5.87. The number of amides is 1. The number of aromatic nitrogens is 2. The average molecular weight is 381 g/mol. The first kappa shape index (κ1) is 17.4. The highest BCUT2D eigenvalue weighted by molar-refractivity contribution is 6.04. The summed E-state index contributed by atoms with van der Waals surface area (Å²) < 4.78 is 16.4. The van der Waals surface area contributed by atoms with E-state index >= 15 is 0 Å². The van der Waals surface area contributed by atoms with Crippen LogP contribution in [-0.2, 0) is 0 Å². The third-order valence-electron chi connectivity index (χ3n) is 4.18. The number of hydrogen-bond acceptors (Lipinski definition) is 6. The molecule has 2 aromatic carbocycles. The Balaban J connectivity index is 1.67. The highest BCUT2D eigenvalue weighted by Crippen LogP contribution is 2.34. The lowest BCUT2D eigenvalue weighted by atomic mass is 10.2. The van der Waals surface area contributed by atoms with Crippen molar-refractivity contribution < 1.29 is 19.0 Å². The van der Waals surface area contributed by atoms with Gasteiger partial charge in [0, 0.05) is 18.0 Å². The van der Waals surface area contributed by atoms with Crippen molar-refractivity contribution in [2.24, 2.45) is 0 Å². The Bertz CT molecular complexity index is 1160. The van der Waals surface area contributed by atoms with Crippen molar-refractivity contribution in [2.75, 3.05) is 19.2 Å². The number of nitrogens with one attached hydrogen (secondary N) is 2. The van der Waals surface area contributed by atoms with Gasteiger partial charge in [-0.25, -0.2) is 9.36 Å². The number of nitrogens with zero attached hydrogens (tertiary/aromatic N) is 1. The summed E-state index contributed by atoms with van der Waals surface area (Å²) in [5.74, 6) is 0.978. The lowest BCUT2D eigenvalue weighted by Gasteiger charge is -2.09. The van der Waals surface area contributed by atoms with Gasteiger partial charge in [-0.1, -0.05) is 0 Å². The number of methoxy groups -OCH3 is 1. The van der Waals surface area contributed by atoms with Crippen molar-refractivity contribution in [3.63, 3.8) is 0 Å². The average Bonchev–Trinajstić information content (AvgIpc) is 3.16. The smallest absolute Gasteiger partial charge is 0.333 e. The van der Waals surface area contributed by atoms with Crippen LogP contribution in [-0.4, -0.2) is 29.4 Å². The topological polar surface area (TPSA) is 112 Å². The molecule has 1 aliphatic rings. The maximum atomic E-state index is 12.8. The number of aromatic amines is 1. The molecule has 9 heteroatoms. The molecule has 0 unspecified atom stereocenters. The maximum Gasteiger partial charge on any atom is 0.333 e. The zero-order valence-corrected chi connectivity index (χ0v) is 14.7. The molecule has 0 atom stereocenters. The molecular formula is C19H15N3O6. The van der Waals surface area contributed by atoms with Crippen LogP contribution >= 0.6 is 0 Å². The van der Waals surface area contributed by atoms with E-state index in [9.17, 15) is 14.4 Å². The second kappa shape index (κ2) is 6.95. The summed E-state index contributed by atoms with van der Waals surface area (Å²) in [6, 6.07) is 11.2. The third-order valence-corrected chi connectivity index (χ3v) is 4.18. The number of hydrogen-bond donors (Lipinski definition) is 2. The molecule has 1 amide bonds. The van der Waals surface area contributed by atoms with E-state index < -0.39 is 17.2 Å². The molecule has 2 heterocycles. The first-order valence-corrected chi connectivity index (χ1v) is 8.27. The SMILES string of the molecule is COc1ccc(-n2c(=O)[nH]cc(C(=O)Nc3ccc4c(c3)OCO4)c2=O)cc1. The molecule has 142 valence electrons. The standard InChI is InChI=1S/C19H15N3O6/c1-26-13-5-3-12(4-6-13)22-18(24)14(9-20-19(22)25)17(23)21-11-2-7-15-16(8-11)28-10-27-15/h2-9H,10H2,1H3,(H,20,25)(H,21,23). The van der Waals surface area contributed by atoms with Crippen LogP contribution in [0.1, 0.15) is 10.4 Å². The molecule has 0 radical (unpaired) electrons. The van der Waals surface area contributed by atoms with E-state index in [1.807, 2.05) is 0 Å². The number of benzene rings is 2. The van der Waals surface area contributed by atoms with E-state index in [2.05, 4.69) is 10.3 Å². The van der Waals surface area contributed by atoms with E-state index in [4.69, 9.17) is 14.2 Å². The van der Waals surface area contributed by atoms with Gasteiger partial charge < -0.3 is 24.5 Å². The summed E-state index contributed by atoms with van der Waals surface area (Å²) in [6.07, 6.45) is 1.09. The monoisotopic (exact) mass is 381 g/mol. The summed E-state index contributed by atoms with van der Waals surface area (Å²) >= 11 is 0. The maximum absolute atomic E-state index is 12.8. The molecule has 1 aliphatic heterocycles. The Morgan fingerprint density at radius 3 is 2.61 bits per heavy atom. The van der Waals surface area contributed by atoms with E-state index in [1.165, 1.54) is 7.11 Å².